The van der Waals surface area contributed by atoms with Crippen LogP contribution in [0.4, 0.5) is 17.2 Å². The third-order valence-electron chi connectivity index (χ3n) is 5.72. The minimum absolute atomic E-state index is 0.0315. The Balaban J connectivity index is 1.61. The molecule has 0 spiro atoms. The van der Waals surface area contributed by atoms with E-state index in [1.54, 1.807) is 55.5 Å². The van der Waals surface area contributed by atoms with Crippen LogP contribution in [0.1, 0.15) is 24.1 Å². The first-order valence-electron chi connectivity index (χ1n) is 10.8. The van der Waals surface area contributed by atoms with Gasteiger partial charge >= 0.3 is 0 Å². The molecule has 10 nitrogen and oxygen atoms in total. The molecule has 1 saturated carbocycles. The lowest BCUT2D eigenvalue weighted by atomic mass is 10.0. The van der Waals surface area contributed by atoms with E-state index < -0.39 is 0 Å². The molecule has 0 unspecified atom stereocenters. The average molecular weight is 457 g/mol. The van der Waals surface area contributed by atoms with E-state index in [1.165, 1.54) is 0 Å². The Morgan fingerprint density at radius 3 is 2.74 bits per heavy atom. The highest BCUT2D eigenvalue weighted by atomic mass is 16.5. The van der Waals surface area contributed by atoms with Gasteiger partial charge in [0.25, 0.3) is 0 Å². The van der Waals surface area contributed by atoms with Crippen molar-refractivity contribution in [2.45, 2.75) is 12.8 Å². The van der Waals surface area contributed by atoms with Crippen molar-refractivity contribution in [3.63, 3.8) is 0 Å². The van der Waals surface area contributed by atoms with E-state index in [2.05, 4.69) is 25.7 Å². The van der Waals surface area contributed by atoms with Crippen LogP contribution in [0.15, 0.2) is 36.8 Å². The topological polar surface area (TPSA) is 114 Å². The molecule has 5 rings (SSSR count). The fourth-order valence-corrected chi connectivity index (χ4v) is 3.87. The number of aromatic nitrogens is 4. The highest BCUT2D eigenvalue weighted by Crippen LogP contribution is 2.40. The molecule has 1 aliphatic heterocycles. The third kappa shape index (κ3) is 3.91. The molecule has 10 heteroatoms. The molecule has 172 valence electrons. The summed E-state index contributed by atoms with van der Waals surface area (Å²) in [4.78, 5) is 34.8. The maximum Gasteiger partial charge on any atom is 0.228 e. The zero-order chi connectivity index (χ0) is 23.8. The minimum Gasteiger partial charge on any atom is -0.494 e. The second kappa shape index (κ2) is 8.49. The molecule has 0 radical (unpaired) electrons. The number of ether oxygens (including phenoxy) is 1. The van der Waals surface area contributed by atoms with Crippen LogP contribution in [0.25, 0.3) is 23.2 Å². The van der Waals surface area contributed by atoms with Crippen molar-refractivity contribution < 1.29 is 14.3 Å². The number of carbonyl (C=O) groups excluding carboxylic acids is 2. The summed E-state index contributed by atoms with van der Waals surface area (Å²) >= 11 is 0. The van der Waals surface area contributed by atoms with Gasteiger partial charge in [-0.3, -0.25) is 9.48 Å². The maximum absolute atomic E-state index is 12.4. The SMILES string of the molecule is COc1c(Nc2cc(NC(=O)C3CC3)nc3c2C(=C=O)N(C)C=C3)cccc1-c1ncn(C)n1. The number of para-hydroxylation sites is 1. The van der Waals surface area contributed by atoms with Crippen molar-refractivity contribution in [1.29, 1.82) is 0 Å². The summed E-state index contributed by atoms with van der Waals surface area (Å²) in [6.07, 6.45) is 6.91. The van der Waals surface area contributed by atoms with Crippen molar-refractivity contribution in [3.8, 4) is 17.1 Å². The summed E-state index contributed by atoms with van der Waals surface area (Å²) in [5.74, 6) is 3.46. The molecule has 2 N–H and O–H groups in total. The summed E-state index contributed by atoms with van der Waals surface area (Å²) in [7, 11) is 5.13. The number of benzene rings is 1. The normalized spacial score (nSPS) is 14.4. The van der Waals surface area contributed by atoms with Crippen molar-refractivity contribution in [2.75, 3.05) is 24.8 Å². The molecule has 3 aromatic rings. The van der Waals surface area contributed by atoms with E-state index in [-0.39, 0.29) is 11.8 Å². The first-order chi connectivity index (χ1) is 16.5. The predicted molar refractivity (Wildman–Crippen MR) is 128 cm³/mol. The van der Waals surface area contributed by atoms with Gasteiger partial charge in [-0.2, -0.15) is 5.10 Å². The summed E-state index contributed by atoms with van der Waals surface area (Å²) < 4.78 is 7.34. The van der Waals surface area contributed by atoms with Gasteiger partial charge in [0.1, 0.15) is 17.8 Å². The Kier molecular flexibility index (Phi) is 5.35. The molecule has 1 aliphatic carbocycles. The molecular formula is C24H23N7O3. The Morgan fingerprint density at radius 2 is 2.06 bits per heavy atom. The van der Waals surface area contributed by atoms with Crippen LogP contribution in [0.3, 0.4) is 0 Å². The van der Waals surface area contributed by atoms with Crippen LogP contribution in [0, 0.1) is 5.92 Å². The molecule has 2 aromatic heterocycles. The molecule has 1 fully saturated rings. The predicted octanol–water partition coefficient (Wildman–Crippen LogP) is 3.07. The highest BCUT2D eigenvalue weighted by molar-refractivity contribution is 5.99. The maximum atomic E-state index is 12.4. The minimum atomic E-state index is -0.0535. The number of rotatable bonds is 6. The highest BCUT2D eigenvalue weighted by Gasteiger charge is 2.30. The Bertz CT molecular complexity index is 1370. The lowest BCUT2D eigenvalue weighted by Gasteiger charge is -2.25. The van der Waals surface area contributed by atoms with Gasteiger partial charge < -0.3 is 20.3 Å². The quantitative estimate of drug-likeness (QED) is 0.543. The molecule has 34 heavy (non-hydrogen) atoms. The van der Waals surface area contributed by atoms with E-state index >= 15 is 0 Å². The van der Waals surface area contributed by atoms with Gasteiger partial charge in [-0.05, 0) is 31.1 Å². The molecule has 0 bridgehead atoms. The van der Waals surface area contributed by atoms with E-state index in [0.29, 0.717) is 51.3 Å². The van der Waals surface area contributed by atoms with Crippen LogP contribution in [0.2, 0.25) is 0 Å². The summed E-state index contributed by atoms with van der Waals surface area (Å²) in [6, 6.07) is 7.31. The Labute approximate surface area is 196 Å². The fourth-order valence-electron chi connectivity index (χ4n) is 3.87. The molecule has 1 aromatic carbocycles. The largest absolute Gasteiger partial charge is 0.494 e. The lowest BCUT2D eigenvalue weighted by Crippen LogP contribution is -2.19. The number of amides is 1. The first kappa shape index (κ1) is 21.4. The number of fused-ring (bicyclic) bond motifs is 1. The number of hydrogen-bond acceptors (Lipinski definition) is 8. The number of nitrogens with one attached hydrogen (secondary N) is 2. The van der Waals surface area contributed by atoms with E-state index in [0.717, 1.165) is 12.8 Å². The molecule has 0 atom stereocenters. The van der Waals surface area contributed by atoms with Gasteiger partial charge in [0, 0.05) is 32.3 Å². The van der Waals surface area contributed by atoms with Crippen LogP contribution in [-0.4, -0.2) is 50.7 Å². The summed E-state index contributed by atoms with van der Waals surface area (Å²) in [5.41, 5.74) is 3.38. The van der Waals surface area contributed by atoms with Gasteiger partial charge in [-0.25, -0.2) is 14.8 Å². The number of methoxy groups -OCH3 is 1. The van der Waals surface area contributed by atoms with Crippen molar-refractivity contribution in [2.24, 2.45) is 13.0 Å². The summed E-state index contributed by atoms with van der Waals surface area (Å²) in [6.45, 7) is 0. The van der Waals surface area contributed by atoms with Gasteiger partial charge in [0.2, 0.25) is 5.91 Å². The lowest BCUT2D eigenvalue weighted by molar-refractivity contribution is -0.117. The number of aryl methyl sites for hydroxylation is 1. The smallest absolute Gasteiger partial charge is 0.228 e. The molecular weight excluding hydrogens is 434 g/mol. The average Bonchev–Trinajstić information content (AvgIpc) is 3.60. The number of hydrogen-bond donors (Lipinski definition) is 2. The van der Waals surface area contributed by atoms with Crippen molar-refractivity contribution in [3.05, 3.63) is 48.1 Å². The number of carbonyl (C=O) groups is 1. The van der Waals surface area contributed by atoms with Gasteiger partial charge in [0.15, 0.2) is 17.5 Å². The Hall–Kier alpha value is -4.43. The second-order valence-electron chi connectivity index (χ2n) is 8.21. The number of nitrogens with zero attached hydrogens (tertiary/aromatic N) is 5. The molecule has 2 aliphatic rings. The van der Waals surface area contributed by atoms with Crippen LogP contribution >= 0.6 is 0 Å². The van der Waals surface area contributed by atoms with Crippen LogP contribution < -0.4 is 15.4 Å². The Morgan fingerprint density at radius 1 is 1.24 bits per heavy atom. The second-order valence-corrected chi connectivity index (χ2v) is 8.21. The zero-order valence-electron chi connectivity index (χ0n) is 19.0. The zero-order valence-corrected chi connectivity index (χ0v) is 19.0. The standard InChI is InChI=1S/C24H23N7O3/c1-30-10-9-16-21(19(30)12-32)18(11-20(27-16)28-24(33)14-7-8-14)26-17-6-4-5-15(22(17)34-3)23-25-13-31(2)29-23/h4-6,9-11,13-14H,7-8H2,1-3H3,(H2,26,27,28,33). The van der Waals surface area contributed by atoms with Gasteiger partial charge in [0.05, 0.1) is 35.3 Å². The van der Waals surface area contributed by atoms with Crippen molar-refractivity contribution in [1.82, 2.24) is 24.6 Å². The monoisotopic (exact) mass is 457 g/mol. The fraction of sp³-hybridized carbons (Fsp3) is 0.250. The number of anilines is 3. The third-order valence-corrected chi connectivity index (χ3v) is 5.72. The molecule has 0 saturated heterocycles. The number of pyridine rings is 1. The summed E-state index contributed by atoms with van der Waals surface area (Å²) in [5, 5.41) is 10.6. The van der Waals surface area contributed by atoms with Gasteiger partial charge in [-0.1, -0.05) is 6.07 Å². The van der Waals surface area contributed by atoms with Crippen LogP contribution in [0.5, 0.6) is 5.75 Å². The first-order valence-corrected chi connectivity index (χ1v) is 10.8. The van der Waals surface area contributed by atoms with Gasteiger partial charge in [-0.15, -0.1) is 0 Å². The van der Waals surface area contributed by atoms with E-state index in [9.17, 15) is 9.59 Å². The molecule has 1 amide bonds. The van der Waals surface area contributed by atoms with Crippen LogP contribution in [-0.2, 0) is 16.6 Å². The van der Waals surface area contributed by atoms with E-state index in [4.69, 9.17) is 4.74 Å². The van der Waals surface area contributed by atoms with Crippen molar-refractivity contribution >= 4 is 40.8 Å². The molecule has 3 heterocycles. The van der Waals surface area contributed by atoms with E-state index in [1.807, 2.05) is 24.1 Å².